The van der Waals surface area contributed by atoms with Crippen LogP contribution in [0.4, 0.5) is 14.5 Å². The number of piperidine rings is 1. The number of amides is 1. The quantitative estimate of drug-likeness (QED) is 0.877. The molecule has 0 aliphatic carbocycles. The van der Waals surface area contributed by atoms with E-state index in [0.29, 0.717) is 6.04 Å². The zero-order valence-corrected chi connectivity index (χ0v) is 13.0. The van der Waals surface area contributed by atoms with Crippen LogP contribution in [0.5, 0.6) is 0 Å². The van der Waals surface area contributed by atoms with E-state index in [-0.39, 0.29) is 11.6 Å². The Morgan fingerprint density at radius 2 is 2.05 bits per heavy atom. The Morgan fingerprint density at radius 1 is 1.36 bits per heavy atom. The van der Waals surface area contributed by atoms with Gasteiger partial charge in [0, 0.05) is 12.1 Å². The van der Waals surface area contributed by atoms with E-state index in [2.05, 4.69) is 22.5 Å². The van der Waals surface area contributed by atoms with E-state index in [1.165, 1.54) is 6.07 Å². The second-order valence-electron chi connectivity index (χ2n) is 5.71. The predicted octanol–water partition coefficient (Wildman–Crippen LogP) is 2.37. The molecule has 1 fully saturated rings. The van der Waals surface area contributed by atoms with Crippen molar-refractivity contribution >= 4 is 11.6 Å². The summed E-state index contributed by atoms with van der Waals surface area (Å²) in [6, 6.07) is 2.98. The number of benzene rings is 1. The molecule has 1 heterocycles. The number of hydrogen-bond donors (Lipinski definition) is 2. The number of carbonyl (C=O) groups excluding carboxylic acids is 1. The van der Waals surface area contributed by atoms with Gasteiger partial charge in [-0.3, -0.25) is 4.79 Å². The van der Waals surface area contributed by atoms with Gasteiger partial charge < -0.3 is 15.5 Å². The molecule has 22 heavy (non-hydrogen) atoms. The first-order valence-electron chi connectivity index (χ1n) is 7.74. The van der Waals surface area contributed by atoms with Crippen LogP contribution in [0.15, 0.2) is 18.2 Å². The standard InChI is InChI=1S/C16H23F2N3O/c1-3-21-8-6-13(7-9-21)19-11(2)16(22)20-15-5-4-12(17)10-14(15)18/h4-5,10-11,13,19H,3,6-9H2,1-2H3,(H,20,22). The third kappa shape index (κ3) is 4.48. The topological polar surface area (TPSA) is 44.4 Å². The van der Waals surface area contributed by atoms with Gasteiger partial charge in [-0.05, 0) is 51.5 Å². The molecular formula is C16H23F2N3O. The first kappa shape index (κ1) is 16.8. The predicted molar refractivity (Wildman–Crippen MR) is 82.7 cm³/mol. The van der Waals surface area contributed by atoms with E-state index in [1.807, 2.05) is 0 Å². The largest absolute Gasteiger partial charge is 0.322 e. The summed E-state index contributed by atoms with van der Waals surface area (Å²) >= 11 is 0. The third-order valence-corrected chi connectivity index (χ3v) is 4.10. The molecule has 0 bridgehead atoms. The molecule has 1 atom stereocenters. The summed E-state index contributed by atoms with van der Waals surface area (Å²) in [5.41, 5.74) is 0.000789. The van der Waals surface area contributed by atoms with Crippen LogP contribution in [0.25, 0.3) is 0 Å². The first-order valence-corrected chi connectivity index (χ1v) is 7.74. The summed E-state index contributed by atoms with van der Waals surface area (Å²) in [5, 5.41) is 5.77. The van der Waals surface area contributed by atoms with Gasteiger partial charge in [0.1, 0.15) is 11.6 Å². The van der Waals surface area contributed by atoms with Crippen molar-refractivity contribution in [1.82, 2.24) is 10.2 Å². The SMILES string of the molecule is CCN1CCC(NC(C)C(=O)Nc2ccc(F)cc2F)CC1. The lowest BCUT2D eigenvalue weighted by Gasteiger charge is -2.32. The molecule has 4 nitrogen and oxygen atoms in total. The van der Waals surface area contributed by atoms with E-state index in [9.17, 15) is 13.6 Å². The maximum Gasteiger partial charge on any atom is 0.241 e. The number of rotatable bonds is 5. The number of hydrogen-bond acceptors (Lipinski definition) is 3. The second-order valence-corrected chi connectivity index (χ2v) is 5.71. The molecule has 1 saturated heterocycles. The van der Waals surface area contributed by atoms with E-state index >= 15 is 0 Å². The minimum absolute atomic E-state index is 0.000789. The second kappa shape index (κ2) is 7.65. The molecule has 1 aromatic carbocycles. The summed E-state index contributed by atoms with van der Waals surface area (Å²) in [6.07, 6.45) is 1.99. The van der Waals surface area contributed by atoms with Gasteiger partial charge in [-0.1, -0.05) is 6.92 Å². The Kier molecular flexibility index (Phi) is 5.85. The minimum Gasteiger partial charge on any atom is -0.322 e. The first-order chi connectivity index (χ1) is 10.5. The fourth-order valence-corrected chi connectivity index (χ4v) is 2.68. The Balaban J connectivity index is 1.84. The summed E-state index contributed by atoms with van der Waals surface area (Å²) < 4.78 is 26.4. The number of nitrogens with one attached hydrogen (secondary N) is 2. The molecule has 122 valence electrons. The smallest absolute Gasteiger partial charge is 0.241 e. The van der Waals surface area contributed by atoms with E-state index < -0.39 is 17.7 Å². The van der Waals surface area contributed by atoms with Crippen molar-refractivity contribution in [1.29, 1.82) is 0 Å². The van der Waals surface area contributed by atoms with Crippen molar-refractivity contribution in [3.63, 3.8) is 0 Å². The highest BCUT2D eigenvalue weighted by Crippen LogP contribution is 2.16. The number of nitrogens with zero attached hydrogens (tertiary/aromatic N) is 1. The third-order valence-electron chi connectivity index (χ3n) is 4.10. The molecule has 0 radical (unpaired) electrons. The lowest BCUT2D eigenvalue weighted by molar-refractivity contribution is -0.118. The minimum atomic E-state index is -0.767. The highest BCUT2D eigenvalue weighted by molar-refractivity contribution is 5.94. The van der Waals surface area contributed by atoms with Crippen LogP contribution in [0.1, 0.15) is 26.7 Å². The maximum atomic E-state index is 13.5. The molecule has 1 aromatic rings. The lowest BCUT2D eigenvalue weighted by atomic mass is 10.0. The molecule has 1 aliphatic rings. The van der Waals surface area contributed by atoms with Gasteiger partial charge >= 0.3 is 0 Å². The Hall–Kier alpha value is -1.53. The summed E-state index contributed by atoms with van der Waals surface area (Å²) in [4.78, 5) is 14.5. The van der Waals surface area contributed by atoms with Crippen LogP contribution in [0.3, 0.4) is 0 Å². The van der Waals surface area contributed by atoms with Crippen LogP contribution in [0.2, 0.25) is 0 Å². The Labute approximate surface area is 129 Å². The monoisotopic (exact) mass is 311 g/mol. The molecule has 1 amide bonds. The van der Waals surface area contributed by atoms with E-state index in [1.54, 1.807) is 6.92 Å². The number of anilines is 1. The molecule has 0 saturated carbocycles. The number of halogens is 2. The van der Waals surface area contributed by atoms with Gasteiger partial charge in [-0.25, -0.2) is 8.78 Å². The zero-order chi connectivity index (χ0) is 16.1. The molecule has 1 unspecified atom stereocenters. The number of likely N-dealkylation sites (tertiary alicyclic amines) is 1. The van der Waals surface area contributed by atoms with Crippen LogP contribution >= 0.6 is 0 Å². The van der Waals surface area contributed by atoms with Gasteiger partial charge in [0.05, 0.1) is 11.7 Å². The fourth-order valence-electron chi connectivity index (χ4n) is 2.68. The van der Waals surface area contributed by atoms with Crippen LogP contribution in [-0.2, 0) is 4.79 Å². The molecule has 2 rings (SSSR count). The maximum absolute atomic E-state index is 13.5. The van der Waals surface area contributed by atoms with E-state index in [0.717, 1.165) is 44.6 Å². The molecule has 2 N–H and O–H groups in total. The fraction of sp³-hybridized carbons (Fsp3) is 0.562. The van der Waals surface area contributed by atoms with E-state index in [4.69, 9.17) is 0 Å². The molecular weight excluding hydrogens is 288 g/mol. The summed E-state index contributed by atoms with van der Waals surface area (Å²) in [5.74, 6) is -1.75. The lowest BCUT2D eigenvalue weighted by Crippen LogP contribution is -2.48. The van der Waals surface area contributed by atoms with Crippen LogP contribution in [-0.4, -0.2) is 42.5 Å². The van der Waals surface area contributed by atoms with Crippen molar-refractivity contribution in [3.05, 3.63) is 29.8 Å². The van der Waals surface area contributed by atoms with Gasteiger partial charge in [-0.15, -0.1) is 0 Å². The Morgan fingerprint density at radius 3 is 2.64 bits per heavy atom. The molecule has 1 aliphatic heterocycles. The van der Waals surface area contributed by atoms with Crippen LogP contribution < -0.4 is 10.6 Å². The van der Waals surface area contributed by atoms with Crippen molar-refractivity contribution in [2.75, 3.05) is 25.0 Å². The van der Waals surface area contributed by atoms with Gasteiger partial charge in [0.15, 0.2) is 0 Å². The zero-order valence-electron chi connectivity index (χ0n) is 13.0. The van der Waals surface area contributed by atoms with Crippen molar-refractivity contribution in [2.24, 2.45) is 0 Å². The van der Waals surface area contributed by atoms with Crippen molar-refractivity contribution in [2.45, 2.75) is 38.8 Å². The highest BCUT2D eigenvalue weighted by atomic mass is 19.1. The normalized spacial score (nSPS) is 18.2. The number of carbonyl (C=O) groups is 1. The molecule has 0 spiro atoms. The Bertz CT molecular complexity index is 516. The molecule has 0 aromatic heterocycles. The summed E-state index contributed by atoms with van der Waals surface area (Å²) in [7, 11) is 0. The van der Waals surface area contributed by atoms with Gasteiger partial charge in [0.2, 0.25) is 5.91 Å². The average molecular weight is 311 g/mol. The average Bonchev–Trinajstić information content (AvgIpc) is 2.50. The van der Waals surface area contributed by atoms with Gasteiger partial charge in [-0.2, -0.15) is 0 Å². The van der Waals surface area contributed by atoms with Crippen molar-refractivity contribution in [3.8, 4) is 0 Å². The summed E-state index contributed by atoms with van der Waals surface area (Å²) in [6.45, 7) is 6.99. The highest BCUT2D eigenvalue weighted by Gasteiger charge is 2.22. The van der Waals surface area contributed by atoms with Crippen molar-refractivity contribution < 1.29 is 13.6 Å². The van der Waals surface area contributed by atoms with Crippen LogP contribution in [0, 0.1) is 11.6 Å². The molecule has 6 heteroatoms. The van der Waals surface area contributed by atoms with Gasteiger partial charge in [0.25, 0.3) is 0 Å².